The normalized spacial score (nSPS) is 10.9. The number of carbonyl (C=O) groups excluding carboxylic acids is 3. The van der Waals surface area contributed by atoms with Gasteiger partial charge in [-0.15, -0.1) is 0 Å². The van der Waals surface area contributed by atoms with Gasteiger partial charge in [0, 0.05) is 104 Å². The molecule has 0 saturated carbocycles. The molecule has 25 nitrogen and oxygen atoms in total. The number of rotatable bonds is 28. The number of fused-ring (bicyclic) bond motifs is 1. The Bertz CT molecular complexity index is 4540. The van der Waals surface area contributed by atoms with Gasteiger partial charge >= 0.3 is 17.9 Å². The highest BCUT2D eigenvalue weighted by Crippen LogP contribution is 2.23. The Hall–Kier alpha value is -10.4. The fraction of sp³-hybridized carbons (Fsp3) is 0.243. The van der Waals surface area contributed by atoms with E-state index in [0.29, 0.717) is 15.1 Å². The number of carbonyl (C=O) groups is 5. The summed E-state index contributed by atoms with van der Waals surface area (Å²) >= 11 is 18.0. The fourth-order valence-electron chi connectivity index (χ4n) is 9.76. The standard InChI is InChI=1S/C27H29ClN2O7.C26H27ClN2O7.C17H13ClN2O5/c1-34-22(31)13-20-15-30(16-23(35-2)36-3)24(27(33)29-14-19-10-7-11-21(28)12-19)26(25(20)32)37-17-18-8-5-4-6-9-18;1-34-22(35-2)15-29-14-19(12-21(30)31)24(32)25(36-16-17-7-4-3-5-8-17)23(29)26(33)28-13-18-9-6-10-20(27)11-18;18-12-3-1-2-10(6-12)8-20-5-4-19-9-11(7-13(21)22)15(23)16(24)14(19)17(20)25/h4-12,15,23H,13-14,16-17H2,1-3H3,(H,29,33);3-11,14,22H,12-13,15-16H2,1-2H3,(H,28,33)(H,30,31);1-6,9,24H,7-8H2,(H,21,22). The van der Waals surface area contributed by atoms with Gasteiger partial charge in [0.05, 0.1) is 46.0 Å². The van der Waals surface area contributed by atoms with E-state index in [1.807, 2.05) is 66.7 Å². The molecule has 0 aliphatic carbocycles. The number of aromatic hydroxyl groups is 1. The summed E-state index contributed by atoms with van der Waals surface area (Å²) in [5, 5.41) is 35.5. The van der Waals surface area contributed by atoms with E-state index in [2.05, 4.69) is 10.6 Å². The minimum atomic E-state index is -1.20. The van der Waals surface area contributed by atoms with Gasteiger partial charge in [0.2, 0.25) is 16.3 Å². The molecule has 514 valence electrons. The lowest BCUT2D eigenvalue weighted by Gasteiger charge is -2.22. The highest BCUT2D eigenvalue weighted by Gasteiger charge is 2.28. The summed E-state index contributed by atoms with van der Waals surface area (Å²) < 4.78 is 43.3. The zero-order chi connectivity index (χ0) is 71.0. The maximum absolute atomic E-state index is 13.5. The maximum atomic E-state index is 13.5. The minimum Gasteiger partial charge on any atom is -0.503 e. The molecule has 0 saturated heterocycles. The Morgan fingerprint density at radius 3 is 1.29 bits per heavy atom. The predicted octanol–water partition coefficient (Wildman–Crippen LogP) is 8.10. The molecule has 4 heterocycles. The van der Waals surface area contributed by atoms with Crippen LogP contribution in [0.4, 0.5) is 0 Å². The van der Waals surface area contributed by atoms with E-state index in [9.17, 15) is 53.4 Å². The number of aromatic nitrogens is 4. The second-order valence-corrected chi connectivity index (χ2v) is 22.8. The Kier molecular flexibility index (Phi) is 28.1. The first kappa shape index (κ1) is 75.0. The molecule has 0 radical (unpaired) electrons. The van der Waals surface area contributed by atoms with E-state index in [4.69, 9.17) is 73.1 Å². The van der Waals surface area contributed by atoms with Gasteiger partial charge in [-0.1, -0.05) is 132 Å². The number of aliphatic carboxylic acids is 2. The van der Waals surface area contributed by atoms with Crippen LogP contribution in [0.1, 0.15) is 65.5 Å². The lowest BCUT2D eigenvalue weighted by molar-refractivity contribution is -0.140. The third kappa shape index (κ3) is 21.1. The molecule has 9 aromatic rings. The Morgan fingerprint density at radius 2 is 0.878 bits per heavy atom. The summed E-state index contributed by atoms with van der Waals surface area (Å²) in [6.45, 7) is 0.586. The highest BCUT2D eigenvalue weighted by molar-refractivity contribution is 6.31. The van der Waals surface area contributed by atoms with Gasteiger partial charge in [0.1, 0.15) is 13.2 Å². The zero-order valence-electron chi connectivity index (χ0n) is 53.6. The van der Waals surface area contributed by atoms with E-state index in [0.717, 1.165) is 27.8 Å². The van der Waals surface area contributed by atoms with Crippen molar-refractivity contribution in [2.75, 3.05) is 35.5 Å². The van der Waals surface area contributed by atoms with E-state index in [1.165, 1.54) is 84.6 Å². The summed E-state index contributed by atoms with van der Waals surface area (Å²) in [5.41, 5.74) is 0.826. The van der Waals surface area contributed by atoms with Gasteiger partial charge in [-0.3, -0.25) is 43.2 Å². The number of benzene rings is 5. The van der Waals surface area contributed by atoms with Gasteiger partial charge in [-0.2, -0.15) is 0 Å². The Morgan fingerprint density at radius 1 is 0.480 bits per heavy atom. The summed E-state index contributed by atoms with van der Waals surface area (Å²) in [6.07, 6.45) is 4.07. The van der Waals surface area contributed by atoms with E-state index >= 15 is 0 Å². The van der Waals surface area contributed by atoms with E-state index in [-0.39, 0.29) is 97.5 Å². The van der Waals surface area contributed by atoms with Crippen LogP contribution in [0.2, 0.25) is 15.1 Å². The molecular formula is C70H69Cl3N6O19. The second-order valence-electron chi connectivity index (χ2n) is 21.4. The van der Waals surface area contributed by atoms with Crippen LogP contribution >= 0.6 is 34.8 Å². The number of hydrogen-bond donors (Lipinski definition) is 5. The first-order valence-electron chi connectivity index (χ1n) is 29.8. The number of carboxylic acid groups (broad SMARTS) is 2. The van der Waals surface area contributed by atoms with Crippen molar-refractivity contribution in [3.8, 4) is 17.2 Å². The first-order valence-corrected chi connectivity index (χ1v) is 30.9. The molecule has 5 aromatic carbocycles. The van der Waals surface area contributed by atoms with Crippen molar-refractivity contribution in [1.82, 2.24) is 28.7 Å². The van der Waals surface area contributed by atoms with Crippen LogP contribution in [0.3, 0.4) is 0 Å². The number of nitrogens with zero attached hydrogens (tertiary/aromatic N) is 4. The topological polar surface area (TPSA) is 322 Å². The van der Waals surface area contributed by atoms with Crippen LogP contribution in [-0.2, 0) is 103 Å². The molecule has 98 heavy (non-hydrogen) atoms. The molecule has 0 atom stereocenters. The number of amides is 2. The zero-order valence-corrected chi connectivity index (χ0v) is 55.9. The average Bonchev–Trinajstić information content (AvgIpc) is 0.741. The predicted molar refractivity (Wildman–Crippen MR) is 362 cm³/mol. The smallest absolute Gasteiger partial charge is 0.310 e. The average molecular weight is 1400 g/mol. The minimum absolute atomic E-state index is 0.000831. The van der Waals surface area contributed by atoms with Gasteiger partial charge in [0.25, 0.3) is 17.4 Å². The number of halogens is 3. The van der Waals surface area contributed by atoms with Crippen molar-refractivity contribution < 1.29 is 72.5 Å². The van der Waals surface area contributed by atoms with Gasteiger partial charge in [0.15, 0.2) is 46.7 Å². The largest absolute Gasteiger partial charge is 0.503 e. The van der Waals surface area contributed by atoms with Gasteiger partial charge in [-0.05, 0) is 64.2 Å². The summed E-state index contributed by atoms with van der Waals surface area (Å²) in [7, 11) is 7.01. The van der Waals surface area contributed by atoms with Crippen LogP contribution in [0.15, 0.2) is 184 Å². The number of carboxylic acids is 2. The fourth-order valence-corrected chi connectivity index (χ4v) is 10.4. The number of nitrogens with one attached hydrogen (secondary N) is 2. The van der Waals surface area contributed by atoms with Crippen molar-refractivity contribution in [2.45, 2.75) is 77.8 Å². The number of ether oxygens (including phenoxy) is 7. The molecule has 0 bridgehead atoms. The molecule has 5 N–H and O–H groups in total. The van der Waals surface area contributed by atoms with Crippen molar-refractivity contribution in [3.63, 3.8) is 0 Å². The van der Waals surface area contributed by atoms with E-state index in [1.54, 1.807) is 66.7 Å². The third-order valence-electron chi connectivity index (χ3n) is 14.6. The van der Waals surface area contributed by atoms with Crippen LogP contribution in [-0.4, -0.2) is 111 Å². The lowest BCUT2D eigenvalue weighted by Crippen LogP contribution is -2.34. The summed E-state index contributed by atoms with van der Waals surface area (Å²) in [6, 6.07) is 39.3. The molecular weight excluding hydrogens is 1340 g/mol. The SMILES string of the molecule is COC(=O)Cc1cn(CC(OC)OC)c(C(=O)NCc2cccc(Cl)c2)c(OCc2ccccc2)c1=O.COC(Cn1cc(CC(=O)O)c(=O)c(OCc2ccccc2)c1C(=O)NCc1cccc(Cl)c1)OC.O=C(O)Cc1cn2ccn(Cc3cccc(Cl)c3)c(=O)c2c(O)c1=O. The molecule has 0 fully saturated rings. The summed E-state index contributed by atoms with van der Waals surface area (Å²) in [5.74, 6) is -5.37. The quantitative estimate of drug-likeness (QED) is 0.0228. The van der Waals surface area contributed by atoms with Crippen LogP contribution in [0.5, 0.6) is 17.2 Å². The molecule has 4 aromatic heterocycles. The second kappa shape index (κ2) is 36.7. The molecule has 9 rings (SSSR count). The number of esters is 1. The van der Waals surface area contributed by atoms with Crippen molar-refractivity contribution in [3.05, 3.63) is 276 Å². The van der Waals surface area contributed by atoms with Gasteiger partial charge in [-0.25, -0.2) is 0 Å². The molecule has 0 aliphatic heterocycles. The lowest BCUT2D eigenvalue weighted by atomic mass is 10.1. The number of pyridine rings is 3. The third-order valence-corrected chi connectivity index (χ3v) is 15.3. The Labute approximate surface area is 575 Å². The van der Waals surface area contributed by atoms with Crippen molar-refractivity contribution >= 4 is 70.0 Å². The molecule has 2 amide bonds. The number of methoxy groups -OCH3 is 5. The van der Waals surface area contributed by atoms with Crippen LogP contribution in [0, 0.1) is 0 Å². The molecule has 0 unspecified atom stereocenters. The van der Waals surface area contributed by atoms with Crippen molar-refractivity contribution in [1.29, 1.82) is 0 Å². The Balaban J connectivity index is 0.000000211. The number of hydrogen-bond acceptors (Lipinski definition) is 17. The maximum Gasteiger partial charge on any atom is 0.310 e. The first-order chi connectivity index (χ1) is 47.0. The van der Waals surface area contributed by atoms with Crippen LogP contribution < -0.4 is 42.0 Å². The van der Waals surface area contributed by atoms with E-state index < -0.39 is 82.7 Å². The van der Waals surface area contributed by atoms with Gasteiger partial charge < -0.3 is 77.2 Å². The molecule has 0 spiro atoms. The summed E-state index contributed by atoms with van der Waals surface area (Å²) in [4.78, 5) is 113. The highest BCUT2D eigenvalue weighted by atomic mass is 35.5. The molecule has 28 heteroatoms. The monoisotopic (exact) mass is 1400 g/mol. The van der Waals surface area contributed by atoms with Crippen molar-refractivity contribution in [2.24, 2.45) is 0 Å². The van der Waals surface area contributed by atoms with Crippen LogP contribution in [0.25, 0.3) is 5.52 Å². The molecule has 0 aliphatic rings.